The summed E-state index contributed by atoms with van der Waals surface area (Å²) in [6.45, 7) is 0.160. The Labute approximate surface area is 109 Å². The minimum absolute atomic E-state index is 0.160. The number of hydrogen-bond acceptors (Lipinski definition) is 8. The molecule has 0 aromatic heterocycles. The predicted octanol–water partition coefficient (Wildman–Crippen LogP) is -0.589. The summed E-state index contributed by atoms with van der Waals surface area (Å²) in [6.07, 6.45) is 0.671. The second-order valence-electron chi connectivity index (χ2n) is 3.46. The van der Waals surface area contributed by atoms with Gasteiger partial charge in [0.1, 0.15) is 17.9 Å². The number of aldehydes is 1. The molecule has 0 aromatic rings. The van der Waals surface area contributed by atoms with E-state index >= 15 is 0 Å². The Kier molecular flexibility index (Phi) is 8.61. The first kappa shape index (κ1) is 16.7. The van der Waals surface area contributed by atoms with E-state index in [0.29, 0.717) is 17.8 Å². The summed E-state index contributed by atoms with van der Waals surface area (Å²) in [7, 11) is 5.51. The van der Waals surface area contributed by atoms with Gasteiger partial charge >= 0.3 is 5.97 Å². The summed E-state index contributed by atoms with van der Waals surface area (Å²) in [5.41, 5.74) is 10.3. The first-order valence-corrected chi connectivity index (χ1v) is 7.30. The molecule has 0 rings (SSSR count). The van der Waals surface area contributed by atoms with E-state index in [0.717, 1.165) is 0 Å². The van der Waals surface area contributed by atoms with Crippen molar-refractivity contribution in [3.63, 3.8) is 0 Å². The van der Waals surface area contributed by atoms with Gasteiger partial charge in [0.25, 0.3) is 0 Å². The van der Waals surface area contributed by atoms with Gasteiger partial charge < -0.3 is 25.7 Å². The van der Waals surface area contributed by atoms with E-state index in [1.54, 1.807) is 0 Å². The zero-order valence-corrected chi connectivity index (χ0v) is 11.5. The molecule has 0 saturated carbocycles. The molecular formula is C9H18N2O4S2. The van der Waals surface area contributed by atoms with Crippen LogP contribution in [0, 0.1) is 0 Å². The second-order valence-corrected chi connectivity index (χ2v) is 5.97. The van der Waals surface area contributed by atoms with Gasteiger partial charge in [0.2, 0.25) is 0 Å². The van der Waals surface area contributed by atoms with E-state index in [9.17, 15) is 9.59 Å². The largest absolute Gasteiger partial charge is 0.468 e. The number of methoxy groups -OCH3 is 2. The lowest BCUT2D eigenvalue weighted by molar-refractivity contribution is -0.141. The third kappa shape index (κ3) is 6.89. The summed E-state index contributed by atoms with van der Waals surface area (Å²) < 4.78 is 9.34. The molecule has 8 heteroatoms. The number of carbonyl (C=O) groups is 2. The average molecular weight is 282 g/mol. The molecule has 100 valence electrons. The van der Waals surface area contributed by atoms with Gasteiger partial charge in [-0.1, -0.05) is 21.6 Å². The van der Waals surface area contributed by atoms with E-state index in [1.807, 2.05) is 0 Å². The molecule has 0 amide bonds. The standard InChI is InChI=1S/C9H18N2O4S2/c1-14-5-9(11,4-12)6-17-16-3-7(10)8(13)15-2/h4,7H,3,5-6,10-11H2,1-2H3. The highest BCUT2D eigenvalue weighted by molar-refractivity contribution is 8.76. The number of nitrogens with two attached hydrogens (primary N) is 2. The minimum Gasteiger partial charge on any atom is -0.468 e. The van der Waals surface area contributed by atoms with Crippen LogP contribution in [-0.2, 0) is 19.1 Å². The van der Waals surface area contributed by atoms with Gasteiger partial charge in [0.05, 0.1) is 13.7 Å². The topological polar surface area (TPSA) is 105 Å². The van der Waals surface area contributed by atoms with E-state index in [1.165, 1.54) is 35.8 Å². The molecule has 6 nitrogen and oxygen atoms in total. The van der Waals surface area contributed by atoms with Crippen LogP contribution >= 0.6 is 21.6 Å². The minimum atomic E-state index is -0.998. The number of carbonyl (C=O) groups excluding carboxylic acids is 2. The van der Waals surface area contributed by atoms with E-state index in [-0.39, 0.29) is 6.61 Å². The molecule has 0 radical (unpaired) electrons. The highest BCUT2D eigenvalue weighted by Gasteiger charge is 2.24. The molecule has 0 heterocycles. The fourth-order valence-electron chi connectivity index (χ4n) is 0.871. The Bertz CT molecular complexity index is 255. The molecule has 0 spiro atoms. The molecule has 4 N–H and O–H groups in total. The molecule has 2 atom stereocenters. The lowest BCUT2D eigenvalue weighted by atomic mass is 10.1. The first-order valence-electron chi connectivity index (χ1n) is 4.81. The number of esters is 1. The lowest BCUT2D eigenvalue weighted by Crippen LogP contribution is -2.48. The van der Waals surface area contributed by atoms with Gasteiger partial charge in [0, 0.05) is 18.6 Å². The zero-order valence-electron chi connectivity index (χ0n) is 9.88. The summed E-state index contributed by atoms with van der Waals surface area (Å²) in [6, 6.07) is -0.664. The maximum atomic E-state index is 11.0. The van der Waals surface area contributed by atoms with Crippen LogP contribution in [0.1, 0.15) is 0 Å². The van der Waals surface area contributed by atoms with Crippen molar-refractivity contribution >= 4 is 33.8 Å². The van der Waals surface area contributed by atoms with Gasteiger partial charge in [0.15, 0.2) is 0 Å². The predicted molar refractivity (Wildman–Crippen MR) is 69.8 cm³/mol. The third-order valence-electron chi connectivity index (χ3n) is 1.81. The molecular weight excluding hydrogens is 264 g/mol. The summed E-state index contributed by atoms with van der Waals surface area (Å²) in [5, 5.41) is 0. The van der Waals surface area contributed by atoms with Crippen molar-refractivity contribution < 1.29 is 19.1 Å². The van der Waals surface area contributed by atoms with Crippen LogP contribution in [0.25, 0.3) is 0 Å². The van der Waals surface area contributed by atoms with Crippen LogP contribution in [0.4, 0.5) is 0 Å². The quantitative estimate of drug-likeness (QED) is 0.250. The highest BCUT2D eigenvalue weighted by Crippen LogP contribution is 2.24. The Balaban J connectivity index is 3.83. The fraction of sp³-hybridized carbons (Fsp3) is 0.778. The summed E-state index contributed by atoms with van der Waals surface area (Å²) in [5.74, 6) is 0.340. The Morgan fingerprint density at radius 3 is 2.59 bits per heavy atom. The first-order chi connectivity index (χ1) is 7.99. The van der Waals surface area contributed by atoms with Crippen molar-refractivity contribution in [1.82, 2.24) is 0 Å². The molecule has 0 aliphatic rings. The molecule has 2 unspecified atom stereocenters. The second kappa shape index (κ2) is 8.76. The summed E-state index contributed by atoms with van der Waals surface area (Å²) in [4.78, 5) is 21.8. The number of ether oxygens (including phenoxy) is 2. The lowest BCUT2D eigenvalue weighted by Gasteiger charge is -2.21. The maximum absolute atomic E-state index is 11.0. The fourth-order valence-corrected chi connectivity index (χ4v) is 3.34. The molecule has 0 fully saturated rings. The third-order valence-corrected chi connectivity index (χ3v) is 4.39. The van der Waals surface area contributed by atoms with E-state index in [4.69, 9.17) is 16.2 Å². The number of rotatable bonds is 9. The molecule has 0 saturated heterocycles. The van der Waals surface area contributed by atoms with Crippen molar-refractivity contribution in [3.8, 4) is 0 Å². The van der Waals surface area contributed by atoms with Gasteiger partial charge in [-0.25, -0.2) is 0 Å². The van der Waals surface area contributed by atoms with Crippen molar-refractivity contribution in [1.29, 1.82) is 0 Å². The van der Waals surface area contributed by atoms with Gasteiger partial charge in [-0.2, -0.15) is 0 Å². The van der Waals surface area contributed by atoms with E-state index < -0.39 is 17.6 Å². The zero-order chi connectivity index (χ0) is 13.3. The van der Waals surface area contributed by atoms with Crippen LogP contribution in [0.3, 0.4) is 0 Å². The normalized spacial score (nSPS) is 16.0. The van der Waals surface area contributed by atoms with Gasteiger partial charge in [-0.3, -0.25) is 4.79 Å². The smallest absolute Gasteiger partial charge is 0.323 e. The van der Waals surface area contributed by atoms with Gasteiger partial charge in [-0.05, 0) is 0 Å². The van der Waals surface area contributed by atoms with Crippen molar-refractivity contribution in [2.75, 3.05) is 32.3 Å². The van der Waals surface area contributed by atoms with E-state index in [2.05, 4.69) is 4.74 Å². The van der Waals surface area contributed by atoms with Crippen molar-refractivity contribution in [2.24, 2.45) is 11.5 Å². The molecule has 0 aliphatic heterocycles. The SMILES string of the molecule is COCC(N)(C=O)CSSCC(N)C(=O)OC. The Morgan fingerprint density at radius 1 is 1.47 bits per heavy atom. The van der Waals surface area contributed by atoms with Crippen LogP contribution in [0.2, 0.25) is 0 Å². The Morgan fingerprint density at radius 2 is 2.12 bits per heavy atom. The maximum Gasteiger partial charge on any atom is 0.323 e. The Hall–Kier alpha value is -0.280. The highest BCUT2D eigenvalue weighted by atomic mass is 33.1. The molecule has 17 heavy (non-hydrogen) atoms. The monoisotopic (exact) mass is 282 g/mol. The molecule has 0 aromatic carbocycles. The van der Waals surface area contributed by atoms with Gasteiger partial charge in [-0.15, -0.1) is 0 Å². The van der Waals surface area contributed by atoms with Crippen molar-refractivity contribution in [2.45, 2.75) is 11.6 Å². The summed E-state index contributed by atoms with van der Waals surface area (Å²) >= 11 is 0. The van der Waals surface area contributed by atoms with Crippen LogP contribution in [0.5, 0.6) is 0 Å². The molecule has 0 bridgehead atoms. The van der Waals surface area contributed by atoms with Crippen LogP contribution in [-0.4, -0.2) is 56.2 Å². The molecule has 0 aliphatic carbocycles. The number of hydrogen-bond donors (Lipinski definition) is 2. The average Bonchev–Trinajstić information content (AvgIpc) is 2.33. The van der Waals surface area contributed by atoms with Crippen molar-refractivity contribution in [3.05, 3.63) is 0 Å². The van der Waals surface area contributed by atoms with Crippen LogP contribution < -0.4 is 11.5 Å². The van der Waals surface area contributed by atoms with Crippen LogP contribution in [0.15, 0.2) is 0 Å².